The molecule has 0 saturated carbocycles. The summed E-state index contributed by atoms with van der Waals surface area (Å²) in [6.45, 7) is 1.78. The number of nitrogens with zero attached hydrogens (tertiary/aromatic N) is 2. The van der Waals surface area contributed by atoms with Gasteiger partial charge in [-0.25, -0.2) is 4.98 Å². The molecule has 2 aromatic rings. The fourth-order valence-electron chi connectivity index (χ4n) is 2.48. The number of rotatable bonds is 3. The summed E-state index contributed by atoms with van der Waals surface area (Å²) in [5.41, 5.74) is 8.89. The van der Waals surface area contributed by atoms with E-state index < -0.39 is 4.92 Å². The number of fused-ring (bicyclic) bond motifs is 1. The number of hydrogen-bond donors (Lipinski definition) is 3. The Morgan fingerprint density at radius 2 is 2.19 bits per heavy atom. The minimum absolute atomic E-state index is 0.0866. The van der Waals surface area contributed by atoms with Gasteiger partial charge in [-0.1, -0.05) is 12.1 Å². The van der Waals surface area contributed by atoms with Crippen LogP contribution < -0.4 is 16.4 Å². The number of nitrogens with two attached hydrogens (primary N) is 1. The number of nitrogens with one attached hydrogen (secondary N) is 2. The van der Waals surface area contributed by atoms with Gasteiger partial charge in [0, 0.05) is 18.3 Å². The van der Waals surface area contributed by atoms with Crippen molar-refractivity contribution in [2.24, 2.45) is 0 Å². The zero-order valence-electron chi connectivity index (χ0n) is 11.3. The normalized spacial score (nSPS) is 13.5. The molecule has 1 aliphatic heterocycles. The second-order valence-corrected chi connectivity index (χ2v) is 4.85. The molecule has 0 atom stereocenters. The van der Waals surface area contributed by atoms with Gasteiger partial charge in [0.25, 0.3) is 0 Å². The van der Waals surface area contributed by atoms with Crippen molar-refractivity contribution in [1.29, 1.82) is 0 Å². The lowest BCUT2D eigenvalue weighted by Gasteiger charge is -2.20. The smallest absolute Gasteiger partial charge is 0.311 e. The van der Waals surface area contributed by atoms with Crippen molar-refractivity contribution in [2.45, 2.75) is 13.0 Å². The van der Waals surface area contributed by atoms with Crippen molar-refractivity contribution >= 4 is 23.0 Å². The Morgan fingerprint density at radius 3 is 2.95 bits per heavy atom. The number of nitrogen functional groups attached to an aromatic ring is 1. The average molecular weight is 285 g/mol. The third-order valence-corrected chi connectivity index (χ3v) is 3.50. The van der Waals surface area contributed by atoms with Gasteiger partial charge in [0.05, 0.1) is 4.92 Å². The van der Waals surface area contributed by atoms with Gasteiger partial charge in [-0.05, 0) is 36.2 Å². The maximum absolute atomic E-state index is 10.7. The molecule has 3 rings (SSSR count). The zero-order valence-corrected chi connectivity index (χ0v) is 11.3. The van der Waals surface area contributed by atoms with Crippen LogP contribution in [0.25, 0.3) is 0 Å². The summed E-state index contributed by atoms with van der Waals surface area (Å²) in [6, 6.07) is 8.97. The van der Waals surface area contributed by atoms with Crippen LogP contribution in [0.5, 0.6) is 0 Å². The fourth-order valence-corrected chi connectivity index (χ4v) is 2.48. The lowest BCUT2D eigenvalue weighted by molar-refractivity contribution is -0.384. The average Bonchev–Trinajstić information content (AvgIpc) is 2.47. The van der Waals surface area contributed by atoms with E-state index in [-0.39, 0.29) is 11.5 Å². The molecule has 21 heavy (non-hydrogen) atoms. The monoisotopic (exact) mass is 285 g/mol. The summed E-state index contributed by atoms with van der Waals surface area (Å²) < 4.78 is 0. The minimum atomic E-state index is -0.540. The molecule has 7 nitrogen and oxygen atoms in total. The van der Waals surface area contributed by atoms with E-state index in [9.17, 15) is 10.1 Å². The molecular formula is C14H15N5O2. The number of aromatic nitrogens is 1. The van der Waals surface area contributed by atoms with E-state index in [1.54, 1.807) is 6.07 Å². The van der Waals surface area contributed by atoms with E-state index >= 15 is 0 Å². The first kappa shape index (κ1) is 13.3. The highest BCUT2D eigenvalue weighted by atomic mass is 16.6. The molecule has 4 N–H and O–H groups in total. The molecule has 0 saturated heterocycles. The summed E-state index contributed by atoms with van der Waals surface area (Å²) in [5.74, 6) is 0.418. The summed E-state index contributed by atoms with van der Waals surface area (Å²) in [6.07, 6.45) is 0.932. The third-order valence-electron chi connectivity index (χ3n) is 3.50. The highest BCUT2D eigenvalue weighted by Crippen LogP contribution is 2.27. The number of pyridine rings is 1. The van der Waals surface area contributed by atoms with Crippen LogP contribution in [-0.2, 0) is 13.0 Å². The van der Waals surface area contributed by atoms with Crippen LogP contribution in [0.4, 0.5) is 23.0 Å². The quantitative estimate of drug-likeness (QED) is 0.588. The van der Waals surface area contributed by atoms with Crippen molar-refractivity contribution in [3.8, 4) is 0 Å². The molecule has 1 aromatic heterocycles. The van der Waals surface area contributed by atoms with Gasteiger partial charge in [0.2, 0.25) is 5.82 Å². The first-order chi connectivity index (χ1) is 10.1. The Labute approximate surface area is 121 Å². The molecule has 0 bridgehead atoms. The largest absolute Gasteiger partial charge is 0.378 e. The van der Waals surface area contributed by atoms with E-state index in [1.807, 2.05) is 12.1 Å². The van der Waals surface area contributed by atoms with Gasteiger partial charge in [-0.15, -0.1) is 0 Å². The maximum Gasteiger partial charge on any atom is 0.311 e. The Morgan fingerprint density at radius 1 is 1.33 bits per heavy atom. The topological polar surface area (TPSA) is 106 Å². The lowest BCUT2D eigenvalue weighted by atomic mass is 9.99. The molecule has 1 aliphatic rings. The molecule has 2 heterocycles. The molecule has 0 aliphatic carbocycles. The molecule has 0 amide bonds. The molecule has 0 spiro atoms. The van der Waals surface area contributed by atoms with Crippen LogP contribution >= 0.6 is 0 Å². The SMILES string of the molecule is Nc1nc(Nc2cccc3c2CCNC3)ccc1[N+](=O)[O-]. The van der Waals surface area contributed by atoms with Crippen LogP contribution in [0.3, 0.4) is 0 Å². The number of anilines is 3. The van der Waals surface area contributed by atoms with E-state index in [0.717, 1.165) is 25.2 Å². The molecule has 7 heteroatoms. The Kier molecular flexibility index (Phi) is 3.41. The summed E-state index contributed by atoms with van der Waals surface area (Å²) in [4.78, 5) is 14.2. The van der Waals surface area contributed by atoms with Crippen molar-refractivity contribution in [3.63, 3.8) is 0 Å². The van der Waals surface area contributed by atoms with Gasteiger partial charge < -0.3 is 16.4 Å². The Bertz CT molecular complexity index is 702. The fraction of sp³-hybridized carbons (Fsp3) is 0.214. The predicted octanol–water partition coefficient (Wildman–Crippen LogP) is 1.96. The molecule has 108 valence electrons. The number of nitro groups is 1. The Hall–Kier alpha value is -2.67. The van der Waals surface area contributed by atoms with E-state index in [4.69, 9.17) is 5.73 Å². The van der Waals surface area contributed by atoms with Crippen molar-refractivity contribution in [3.05, 3.63) is 51.6 Å². The summed E-state index contributed by atoms with van der Waals surface area (Å²) in [5, 5.41) is 17.3. The van der Waals surface area contributed by atoms with Crippen molar-refractivity contribution in [1.82, 2.24) is 10.3 Å². The summed E-state index contributed by atoms with van der Waals surface area (Å²) in [7, 11) is 0. The second-order valence-electron chi connectivity index (χ2n) is 4.85. The van der Waals surface area contributed by atoms with Crippen molar-refractivity contribution < 1.29 is 4.92 Å². The van der Waals surface area contributed by atoms with Crippen LogP contribution in [-0.4, -0.2) is 16.5 Å². The Balaban J connectivity index is 1.91. The predicted molar refractivity (Wildman–Crippen MR) is 80.4 cm³/mol. The molecular weight excluding hydrogens is 270 g/mol. The van der Waals surface area contributed by atoms with E-state index in [2.05, 4.69) is 21.7 Å². The molecule has 0 unspecified atom stereocenters. The third kappa shape index (κ3) is 2.63. The van der Waals surface area contributed by atoms with Crippen LogP contribution in [0.2, 0.25) is 0 Å². The van der Waals surface area contributed by atoms with Crippen LogP contribution in [0.15, 0.2) is 30.3 Å². The van der Waals surface area contributed by atoms with E-state index in [1.165, 1.54) is 17.2 Å². The van der Waals surface area contributed by atoms with E-state index in [0.29, 0.717) is 5.82 Å². The van der Waals surface area contributed by atoms with Gasteiger partial charge in [0.1, 0.15) is 5.82 Å². The molecule has 0 radical (unpaired) electrons. The van der Waals surface area contributed by atoms with Gasteiger partial charge in [-0.3, -0.25) is 10.1 Å². The first-order valence-electron chi connectivity index (χ1n) is 6.64. The van der Waals surface area contributed by atoms with Gasteiger partial charge >= 0.3 is 5.69 Å². The molecule has 1 aromatic carbocycles. The highest BCUT2D eigenvalue weighted by molar-refractivity contribution is 5.66. The number of benzene rings is 1. The first-order valence-corrected chi connectivity index (χ1v) is 6.64. The van der Waals surface area contributed by atoms with Crippen molar-refractivity contribution in [2.75, 3.05) is 17.6 Å². The molecule has 0 fully saturated rings. The maximum atomic E-state index is 10.7. The van der Waals surface area contributed by atoms with Crippen LogP contribution in [0.1, 0.15) is 11.1 Å². The minimum Gasteiger partial charge on any atom is -0.378 e. The highest BCUT2D eigenvalue weighted by Gasteiger charge is 2.15. The van der Waals surface area contributed by atoms with Crippen LogP contribution in [0, 0.1) is 10.1 Å². The number of hydrogen-bond acceptors (Lipinski definition) is 6. The van der Waals surface area contributed by atoms with Gasteiger partial charge in [-0.2, -0.15) is 0 Å². The second kappa shape index (κ2) is 5.37. The van der Waals surface area contributed by atoms with Gasteiger partial charge in [0.15, 0.2) is 0 Å². The standard InChI is InChI=1S/C14H15N5O2/c15-14-12(19(20)21)4-5-13(18-14)17-11-3-1-2-9-8-16-7-6-10(9)11/h1-5,16H,6-8H2,(H3,15,17,18). The lowest BCUT2D eigenvalue weighted by Crippen LogP contribution is -2.24. The zero-order chi connectivity index (χ0) is 14.8. The summed E-state index contributed by atoms with van der Waals surface area (Å²) >= 11 is 0.